The van der Waals surface area contributed by atoms with Gasteiger partial charge in [-0.1, -0.05) is 42.5 Å². The maximum atomic E-state index is 11.6. The van der Waals surface area contributed by atoms with E-state index in [4.69, 9.17) is 4.42 Å². The van der Waals surface area contributed by atoms with Gasteiger partial charge in [0.1, 0.15) is 5.76 Å². The van der Waals surface area contributed by atoms with Crippen LogP contribution in [-0.2, 0) is 11.2 Å². The minimum atomic E-state index is -0.835. The molecule has 0 fully saturated rings. The number of carbonyl (C=O) groups is 1. The number of benzene rings is 2. The molecule has 100 valence electrons. The Morgan fingerprint density at radius 3 is 2.60 bits per heavy atom. The minimum absolute atomic E-state index is 0.357. The summed E-state index contributed by atoms with van der Waals surface area (Å²) >= 11 is 0. The highest BCUT2D eigenvalue weighted by Crippen LogP contribution is 2.28. The molecule has 1 aromatic heterocycles. The van der Waals surface area contributed by atoms with Crippen LogP contribution in [0.3, 0.4) is 0 Å². The Balaban J connectivity index is 2.08. The number of hydrogen-bond acceptors (Lipinski definition) is 2. The van der Waals surface area contributed by atoms with Crippen molar-refractivity contribution in [1.29, 1.82) is 0 Å². The lowest BCUT2D eigenvalue weighted by Gasteiger charge is -2.14. The summed E-state index contributed by atoms with van der Waals surface area (Å²) in [4.78, 5) is 11.6. The molecule has 0 saturated heterocycles. The number of carboxylic acid groups (broad SMARTS) is 1. The Morgan fingerprint density at radius 1 is 1.05 bits per heavy atom. The standard InChI is InChI=1S/C17H14O3/c18-17(19)16(11-13-7-4-10-20-13)15-9-3-6-12-5-1-2-8-14(12)15/h1-10,16H,11H2,(H,18,19). The van der Waals surface area contributed by atoms with Gasteiger partial charge >= 0.3 is 5.97 Å². The molecule has 1 unspecified atom stereocenters. The number of fused-ring (bicyclic) bond motifs is 1. The Hall–Kier alpha value is -2.55. The monoisotopic (exact) mass is 266 g/mol. The fraction of sp³-hybridized carbons (Fsp3) is 0.118. The molecular weight excluding hydrogens is 252 g/mol. The summed E-state index contributed by atoms with van der Waals surface area (Å²) < 4.78 is 5.28. The fourth-order valence-electron chi connectivity index (χ4n) is 2.51. The van der Waals surface area contributed by atoms with E-state index in [-0.39, 0.29) is 0 Å². The molecule has 1 heterocycles. The third-order valence-electron chi connectivity index (χ3n) is 3.48. The Kier molecular flexibility index (Phi) is 3.25. The van der Waals surface area contributed by atoms with E-state index in [0.29, 0.717) is 12.2 Å². The molecule has 0 aliphatic rings. The Bertz CT molecular complexity index is 724. The van der Waals surface area contributed by atoms with E-state index < -0.39 is 11.9 Å². The van der Waals surface area contributed by atoms with Crippen LogP contribution in [-0.4, -0.2) is 11.1 Å². The molecule has 1 N–H and O–H groups in total. The molecule has 3 nitrogen and oxygen atoms in total. The van der Waals surface area contributed by atoms with Crippen molar-refractivity contribution in [3.63, 3.8) is 0 Å². The first kappa shape index (κ1) is 12.5. The van der Waals surface area contributed by atoms with Crippen LogP contribution >= 0.6 is 0 Å². The molecule has 3 heteroatoms. The summed E-state index contributed by atoms with van der Waals surface area (Å²) in [5.74, 6) is -0.754. The van der Waals surface area contributed by atoms with Gasteiger partial charge in [0.15, 0.2) is 0 Å². The lowest BCUT2D eigenvalue weighted by Crippen LogP contribution is -2.14. The van der Waals surface area contributed by atoms with Crippen LogP contribution < -0.4 is 0 Å². The van der Waals surface area contributed by atoms with Crippen LogP contribution in [0, 0.1) is 0 Å². The van der Waals surface area contributed by atoms with Crippen molar-refractivity contribution in [2.24, 2.45) is 0 Å². The maximum Gasteiger partial charge on any atom is 0.311 e. The molecule has 0 aliphatic carbocycles. The summed E-state index contributed by atoms with van der Waals surface area (Å²) in [6, 6.07) is 17.2. The van der Waals surface area contributed by atoms with E-state index >= 15 is 0 Å². The molecule has 0 aliphatic heterocycles. The van der Waals surface area contributed by atoms with Crippen LogP contribution in [0.15, 0.2) is 65.3 Å². The van der Waals surface area contributed by atoms with Gasteiger partial charge in [-0.3, -0.25) is 4.79 Å². The van der Waals surface area contributed by atoms with E-state index in [0.717, 1.165) is 16.3 Å². The summed E-state index contributed by atoms with van der Waals surface area (Å²) in [5, 5.41) is 11.6. The Labute approximate surface area is 116 Å². The van der Waals surface area contributed by atoms with E-state index in [1.807, 2.05) is 42.5 Å². The molecule has 3 aromatic rings. The van der Waals surface area contributed by atoms with E-state index in [1.165, 1.54) is 0 Å². The normalized spacial score (nSPS) is 12.4. The van der Waals surface area contributed by atoms with Crippen LogP contribution in [0.2, 0.25) is 0 Å². The molecule has 0 bridgehead atoms. The number of hydrogen-bond donors (Lipinski definition) is 1. The SMILES string of the molecule is O=C(O)C(Cc1ccco1)c1cccc2ccccc12. The number of furan rings is 1. The first-order chi connectivity index (χ1) is 9.75. The second kappa shape index (κ2) is 5.21. The zero-order valence-corrected chi connectivity index (χ0v) is 10.8. The average molecular weight is 266 g/mol. The zero-order chi connectivity index (χ0) is 13.9. The van der Waals surface area contributed by atoms with Gasteiger partial charge in [-0.25, -0.2) is 0 Å². The van der Waals surface area contributed by atoms with E-state index in [9.17, 15) is 9.90 Å². The predicted octanol–water partition coefficient (Wildman–Crippen LogP) is 3.84. The third-order valence-corrected chi connectivity index (χ3v) is 3.48. The lowest BCUT2D eigenvalue weighted by atomic mass is 9.90. The zero-order valence-electron chi connectivity index (χ0n) is 10.8. The van der Waals surface area contributed by atoms with Gasteiger partial charge in [-0.05, 0) is 28.5 Å². The van der Waals surface area contributed by atoms with Crippen LogP contribution in [0.25, 0.3) is 10.8 Å². The first-order valence-electron chi connectivity index (χ1n) is 6.48. The molecule has 20 heavy (non-hydrogen) atoms. The lowest BCUT2D eigenvalue weighted by molar-refractivity contribution is -0.138. The quantitative estimate of drug-likeness (QED) is 0.780. The third kappa shape index (κ3) is 2.30. The largest absolute Gasteiger partial charge is 0.481 e. The van der Waals surface area contributed by atoms with Crippen molar-refractivity contribution in [2.45, 2.75) is 12.3 Å². The molecule has 2 aromatic carbocycles. The highest BCUT2D eigenvalue weighted by molar-refractivity contribution is 5.90. The maximum absolute atomic E-state index is 11.6. The number of rotatable bonds is 4. The van der Waals surface area contributed by atoms with Crippen molar-refractivity contribution in [3.8, 4) is 0 Å². The van der Waals surface area contributed by atoms with Crippen molar-refractivity contribution in [3.05, 3.63) is 72.2 Å². The van der Waals surface area contributed by atoms with Gasteiger partial charge in [0, 0.05) is 6.42 Å². The van der Waals surface area contributed by atoms with Crippen molar-refractivity contribution >= 4 is 16.7 Å². The summed E-state index contributed by atoms with van der Waals surface area (Å²) in [5.41, 5.74) is 0.826. The smallest absolute Gasteiger partial charge is 0.311 e. The first-order valence-corrected chi connectivity index (χ1v) is 6.48. The molecular formula is C17H14O3. The minimum Gasteiger partial charge on any atom is -0.481 e. The molecule has 0 radical (unpaired) electrons. The molecule has 1 atom stereocenters. The van der Waals surface area contributed by atoms with Crippen LogP contribution in [0.5, 0.6) is 0 Å². The molecule has 0 amide bonds. The van der Waals surface area contributed by atoms with Gasteiger partial charge in [-0.2, -0.15) is 0 Å². The van der Waals surface area contributed by atoms with Crippen molar-refractivity contribution in [1.82, 2.24) is 0 Å². The van der Waals surface area contributed by atoms with Crippen LogP contribution in [0.1, 0.15) is 17.2 Å². The topological polar surface area (TPSA) is 50.4 Å². The second-order valence-corrected chi connectivity index (χ2v) is 4.74. The van der Waals surface area contributed by atoms with Crippen LogP contribution in [0.4, 0.5) is 0 Å². The summed E-state index contributed by atoms with van der Waals surface area (Å²) in [6.45, 7) is 0. The number of aliphatic carboxylic acids is 1. The summed E-state index contributed by atoms with van der Waals surface area (Å²) in [6.07, 6.45) is 1.92. The number of carboxylic acids is 1. The van der Waals surface area contributed by atoms with Gasteiger partial charge in [0.05, 0.1) is 12.2 Å². The van der Waals surface area contributed by atoms with Gasteiger partial charge in [-0.15, -0.1) is 0 Å². The summed E-state index contributed by atoms with van der Waals surface area (Å²) in [7, 11) is 0. The highest BCUT2D eigenvalue weighted by atomic mass is 16.4. The Morgan fingerprint density at radius 2 is 1.85 bits per heavy atom. The van der Waals surface area contributed by atoms with Crippen molar-refractivity contribution < 1.29 is 14.3 Å². The van der Waals surface area contributed by atoms with E-state index in [2.05, 4.69) is 0 Å². The molecule has 3 rings (SSSR count). The van der Waals surface area contributed by atoms with Crippen molar-refractivity contribution in [2.75, 3.05) is 0 Å². The molecule has 0 spiro atoms. The van der Waals surface area contributed by atoms with Gasteiger partial charge in [0.25, 0.3) is 0 Å². The second-order valence-electron chi connectivity index (χ2n) is 4.74. The predicted molar refractivity (Wildman–Crippen MR) is 76.7 cm³/mol. The average Bonchev–Trinajstić information content (AvgIpc) is 2.97. The molecule has 0 saturated carbocycles. The highest BCUT2D eigenvalue weighted by Gasteiger charge is 2.23. The van der Waals surface area contributed by atoms with Gasteiger partial charge < -0.3 is 9.52 Å². The van der Waals surface area contributed by atoms with E-state index in [1.54, 1.807) is 18.4 Å². The fourth-order valence-corrected chi connectivity index (χ4v) is 2.51. The van der Waals surface area contributed by atoms with Gasteiger partial charge in [0.2, 0.25) is 0 Å².